The number of rotatable bonds is 4. The maximum absolute atomic E-state index is 11.4. The van der Waals surface area contributed by atoms with Gasteiger partial charge in [0.2, 0.25) is 5.91 Å². The lowest BCUT2D eigenvalue weighted by molar-refractivity contribution is -0.117. The fraction of sp³-hybridized carbons (Fsp3) is 0.417. The summed E-state index contributed by atoms with van der Waals surface area (Å²) in [6, 6.07) is 3.84. The third-order valence-electron chi connectivity index (χ3n) is 1.90. The summed E-state index contributed by atoms with van der Waals surface area (Å²) in [5, 5.41) is 2.87. The largest absolute Gasteiger partial charge is 0.469 e. The normalized spacial score (nSPS) is 11.9. The van der Waals surface area contributed by atoms with E-state index in [9.17, 15) is 4.79 Å². The van der Waals surface area contributed by atoms with Crippen LogP contribution in [0.15, 0.2) is 34.5 Å². The minimum atomic E-state index is -0.0472. The molecule has 0 radical (unpaired) electrons. The summed E-state index contributed by atoms with van der Waals surface area (Å²) in [6.07, 6.45) is 3.95. The number of carbonyl (C=O) groups excluding carboxylic acids is 1. The Morgan fingerprint density at radius 2 is 2.33 bits per heavy atom. The minimum absolute atomic E-state index is 0.0472. The van der Waals surface area contributed by atoms with Gasteiger partial charge < -0.3 is 9.73 Å². The molecule has 15 heavy (non-hydrogen) atoms. The Bertz CT molecular complexity index is 335. The second-order valence-corrected chi connectivity index (χ2v) is 3.91. The van der Waals surface area contributed by atoms with Gasteiger partial charge in [-0.3, -0.25) is 4.79 Å². The van der Waals surface area contributed by atoms with Crippen LogP contribution in [0.5, 0.6) is 0 Å². The zero-order chi connectivity index (χ0) is 11.3. The van der Waals surface area contributed by atoms with Crippen LogP contribution in [-0.4, -0.2) is 11.9 Å². The van der Waals surface area contributed by atoms with E-state index in [0.717, 1.165) is 17.8 Å². The van der Waals surface area contributed by atoms with Gasteiger partial charge in [-0.1, -0.05) is 5.57 Å². The summed E-state index contributed by atoms with van der Waals surface area (Å²) in [6.45, 7) is 5.76. The van der Waals surface area contributed by atoms with Crippen LogP contribution in [0.1, 0.15) is 26.5 Å². The third-order valence-corrected chi connectivity index (χ3v) is 1.90. The number of hydrogen-bond donors (Lipinski definition) is 1. The number of hydrogen-bond acceptors (Lipinski definition) is 2. The Morgan fingerprint density at radius 1 is 1.60 bits per heavy atom. The Kier molecular flexibility index (Phi) is 4.16. The van der Waals surface area contributed by atoms with Crippen molar-refractivity contribution in [3.05, 3.63) is 35.8 Å². The van der Waals surface area contributed by atoms with Gasteiger partial charge in [-0.15, -0.1) is 0 Å². The van der Waals surface area contributed by atoms with Crippen molar-refractivity contribution in [1.82, 2.24) is 5.32 Å². The number of carbonyl (C=O) groups is 1. The smallest absolute Gasteiger partial charge is 0.244 e. The van der Waals surface area contributed by atoms with Gasteiger partial charge in [-0.2, -0.15) is 0 Å². The maximum Gasteiger partial charge on any atom is 0.244 e. The van der Waals surface area contributed by atoms with Gasteiger partial charge >= 0.3 is 0 Å². The second kappa shape index (κ2) is 5.39. The summed E-state index contributed by atoms with van der Waals surface area (Å²) in [4.78, 5) is 11.4. The Balaban J connectivity index is 2.39. The fourth-order valence-electron chi connectivity index (χ4n) is 1.33. The molecule has 0 fully saturated rings. The lowest BCUT2D eigenvalue weighted by Crippen LogP contribution is -2.32. The topological polar surface area (TPSA) is 42.2 Å². The molecule has 3 nitrogen and oxygen atoms in total. The van der Waals surface area contributed by atoms with Crippen molar-refractivity contribution in [1.29, 1.82) is 0 Å². The molecule has 0 bridgehead atoms. The molecule has 1 amide bonds. The molecule has 1 N–H and O–H groups in total. The van der Waals surface area contributed by atoms with E-state index < -0.39 is 0 Å². The molecule has 0 spiro atoms. The third kappa shape index (κ3) is 4.49. The van der Waals surface area contributed by atoms with Crippen LogP contribution in [0, 0.1) is 0 Å². The molecule has 82 valence electrons. The molecule has 1 unspecified atom stereocenters. The second-order valence-electron chi connectivity index (χ2n) is 3.91. The molecule has 0 aliphatic heterocycles. The van der Waals surface area contributed by atoms with E-state index in [1.807, 2.05) is 32.9 Å². The predicted octanol–water partition coefficient (Wildman–Crippen LogP) is 2.29. The number of amides is 1. The zero-order valence-electron chi connectivity index (χ0n) is 9.41. The van der Waals surface area contributed by atoms with Crippen molar-refractivity contribution in [2.75, 3.05) is 0 Å². The highest BCUT2D eigenvalue weighted by Crippen LogP contribution is 2.03. The Labute approximate surface area is 90.2 Å². The molecule has 1 rings (SSSR count). The van der Waals surface area contributed by atoms with Gasteiger partial charge in [0.25, 0.3) is 0 Å². The number of nitrogens with one attached hydrogen (secondary N) is 1. The van der Waals surface area contributed by atoms with E-state index in [4.69, 9.17) is 4.42 Å². The molecule has 1 aromatic heterocycles. The van der Waals surface area contributed by atoms with Crippen LogP contribution in [0.4, 0.5) is 0 Å². The number of furan rings is 1. The van der Waals surface area contributed by atoms with Crippen LogP contribution >= 0.6 is 0 Å². The highest BCUT2D eigenvalue weighted by molar-refractivity contribution is 5.88. The minimum Gasteiger partial charge on any atom is -0.469 e. The first-order valence-electron chi connectivity index (χ1n) is 5.05. The summed E-state index contributed by atoms with van der Waals surface area (Å²) < 4.78 is 5.20. The zero-order valence-corrected chi connectivity index (χ0v) is 9.41. The average molecular weight is 207 g/mol. The van der Waals surface area contributed by atoms with E-state index in [1.165, 1.54) is 0 Å². The average Bonchev–Trinajstić information content (AvgIpc) is 2.53. The van der Waals surface area contributed by atoms with Crippen molar-refractivity contribution in [3.63, 3.8) is 0 Å². The lowest BCUT2D eigenvalue weighted by Gasteiger charge is -2.10. The molecular weight excluding hydrogens is 190 g/mol. The van der Waals surface area contributed by atoms with Gasteiger partial charge in [0.05, 0.1) is 6.26 Å². The number of allylic oxidation sites excluding steroid dienone is 1. The summed E-state index contributed by atoms with van der Waals surface area (Å²) in [7, 11) is 0. The predicted molar refractivity (Wildman–Crippen MR) is 59.4 cm³/mol. The first-order chi connectivity index (χ1) is 7.08. The molecule has 0 aliphatic carbocycles. The molecule has 3 heteroatoms. The molecule has 1 heterocycles. The first kappa shape index (κ1) is 11.6. The quantitative estimate of drug-likeness (QED) is 0.770. The molecule has 1 aromatic rings. The van der Waals surface area contributed by atoms with Crippen LogP contribution in [0.25, 0.3) is 0 Å². The van der Waals surface area contributed by atoms with Crippen molar-refractivity contribution in [2.45, 2.75) is 33.2 Å². The van der Waals surface area contributed by atoms with Crippen molar-refractivity contribution >= 4 is 5.91 Å². The van der Waals surface area contributed by atoms with Crippen LogP contribution in [0.2, 0.25) is 0 Å². The highest BCUT2D eigenvalue weighted by Gasteiger charge is 2.07. The first-order valence-corrected chi connectivity index (χ1v) is 5.05. The van der Waals surface area contributed by atoms with Crippen molar-refractivity contribution in [2.24, 2.45) is 0 Å². The maximum atomic E-state index is 11.4. The van der Waals surface area contributed by atoms with Gasteiger partial charge in [0.1, 0.15) is 5.76 Å². The fourth-order valence-corrected chi connectivity index (χ4v) is 1.33. The van der Waals surface area contributed by atoms with Gasteiger partial charge in [-0.05, 0) is 32.9 Å². The Hall–Kier alpha value is -1.51. The molecule has 0 saturated carbocycles. The van der Waals surface area contributed by atoms with E-state index in [-0.39, 0.29) is 11.9 Å². The molecule has 1 atom stereocenters. The van der Waals surface area contributed by atoms with E-state index in [1.54, 1.807) is 12.3 Å². The monoisotopic (exact) mass is 207 g/mol. The highest BCUT2D eigenvalue weighted by atomic mass is 16.3. The summed E-state index contributed by atoms with van der Waals surface area (Å²) in [5.41, 5.74) is 0.998. The van der Waals surface area contributed by atoms with Gasteiger partial charge in [-0.25, -0.2) is 0 Å². The standard InChI is InChI=1S/C12H17NO2/c1-9(2)7-12(14)13-10(3)8-11-5-4-6-15-11/h4-7,10H,8H2,1-3H3,(H,13,14). The van der Waals surface area contributed by atoms with Gasteiger partial charge in [0, 0.05) is 18.5 Å². The molecule has 0 aliphatic rings. The lowest BCUT2D eigenvalue weighted by atomic mass is 10.2. The molecule has 0 saturated heterocycles. The summed E-state index contributed by atoms with van der Waals surface area (Å²) >= 11 is 0. The van der Waals surface area contributed by atoms with Crippen LogP contribution in [0.3, 0.4) is 0 Å². The summed E-state index contributed by atoms with van der Waals surface area (Å²) in [5.74, 6) is 0.842. The SMILES string of the molecule is CC(C)=CC(=O)NC(C)Cc1ccco1. The van der Waals surface area contributed by atoms with E-state index >= 15 is 0 Å². The van der Waals surface area contributed by atoms with Gasteiger partial charge in [0.15, 0.2) is 0 Å². The van der Waals surface area contributed by atoms with Crippen LogP contribution < -0.4 is 5.32 Å². The van der Waals surface area contributed by atoms with Crippen molar-refractivity contribution < 1.29 is 9.21 Å². The Morgan fingerprint density at radius 3 is 2.87 bits per heavy atom. The molecule has 0 aromatic carbocycles. The van der Waals surface area contributed by atoms with Crippen LogP contribution in [-0.2, 0) is 11.2 Å². The van der Waals surface area contributed by atoms with E-state index in [2.05, 4.69) is 5.32 Å². The van der Waals surface area contributed by atoms with Crippen molar-refractivity contribution in [3.8, 4) is 0 Å². The van der Waals surface area contributed by atoms with E-state index in [0.29, 0.717) is 0 Å². The molecular formula is C12H17NO2.